The average Bonchev–Trinajstić information content (AvgIpc) is 2.92. The van der Waals surface area contributed by atoms with Crippen molar-refractivity contribution in [2.75, 3.05) is 0 Å². The summed E-state index contributed by atoms with van der Waals surface area (Å²) in [6.45, 7) is 1.73. The molecule has 0 aliphatic carbocycles. The number of carbonyl (C=O) groups excluding carboxylic acids is 2. The normalized spacial score (nSPS) is 15.9. The summed E-state index contributed by atoms with van der Waals surface area (Å²) in [7, 11) is 0. The van der Waals surface area contributed by atoms with E-state index in [-0.39, 0.29) is 18.2 Å². The van der Waals surface area contributed by atoms with Crippen LogP contribution in [-0.2, 0) is 16.0 Å². The Hall–Kier alpha value is -3.27. The Morgan fingerprint density at radius 2 is 1.68 bits per heavy atom. The second kappa shape index (κ2) is 7.53. The Bertz CT molecular complexity index is 865. The van der Waals surface area contributed by atoms with Crippen molar-refractivity contribution in [1.29, 1.82) is 0 Å². The van der Waals surface area contributed by atoms with E-state index < -0.39 is 0 Å². The monoisotopic (exact) mass is 330 g/mol. The first-order valence-electron chi connectivity index (χ1n) is 8.05. The SMILES string of the molecule is CC1=NN(C(=O)Cc2ccccc2)C(=O)/C1=C/C=C\c1ccccc1. The third kappa shape index (κ3) is 3.98. The van der Waals surface area contributed by atoms with Gasteiger partial charge >= 0.3 is 0 Å². The molecule has 2 amide bonds. The van der Waals surface area contributed by atoms with Crippen molar-refractivity contribution in [2.45, 2.75) is 13.3 Å². The number of hydrogen-bond acceptors (Lipinski definition) is 3. The maximum atomic E-state index is 12.5. The number of nitrogens with zero attached hydrogens (tertiary/aromatic N) is 2. The topological polar surface area (TPSA) is 49.7 Å². The summed E-state index contributed by atoms with van der Waals surface area (Å²) in [4.78, 5) is 24.8. The highest BCUT2D eigenvalue weighted by atomic mass is 16.2. The molecule has 1 aliphatic rings. The summed E-state index contributed by atoms with van der Waals surface area (Å²) in [5.41, 5.74) is 2.88. The Balaban J connectivity index is 1.71. The second-order valence-corrected chi connectivity index (χ2v) is 5.71. The molecule has 1 heterocycles. The molecule has 0 fully saturated rings. The van der Waals surface area contributed by atoms with Crippen LogP contribution in [0.1, 0.15) is 18.1 Å². The number of rotatable bonds is 4. The summed E-state index contributed by atoms with van der Waals surface area (Å²) in [6, 6.07) is 19.1. The van der Waals surface area contributed by atoms with Crippen LogP contribution in [0.2, 0.25) is 0 Å². The fourth-order valence-electron chi connectivity index (χ4n) is 2.54. The van der Waals surface area contributed by atoms with Crippen LogP contribution in [-0.4, -0.2) is 22.5 Å². The number of benzene rings is 2. The largest absolute Gasteiger partial charge is 0.283 e. The number of imide groups is 1. The molecule has 4 heteroatoms. The molecular formula is C21H18N2O2. The van der Waals surface area contributed by atoms with E-state index in [0.29, 0.717) is 11.3 Å². The first-order chi connectivity index (χ1) is 12.1. The molecule has 3 rings (SSSR count). The van der Waals surface area contributed by atoms with Crippen molar-refractivity contribution in [3.63, 3.8) is 0 Å². The second-order valence-electron chi connectivity index (χ2n) is 5.71. The fraction of sp³-hybridized carbons (Fsp3) is 0.0952. The van der Waals surface area contributed by atoms with Crippen molar-refractivity contribution in [2.24, 2.45) is 5.10 Å². The molecule has 2 aromatic rings. The fourth-order valence-corrected chi connectivity index (χ4v) is 2.54. The van der Waals surface area contributed by atoms with Crippen molar-refractivity contribution in [3.05, 3.63) is 89.5 Å². The third-order valence-corrected chi connectivity index (χ3v) is 3.85. The van der Waals surface area contributed by atoms with Crippen LogP contribution in [0.3, 0.4) is 0 Å². The van der Waals surface area contributed by atoms with Gasteiger partial charge in [0, 0.05) is 0 Å². The van der Waals surface area contributed by atoms with Gasteiger partial charge < -0.3 is 0 Å². The molecule has 0 aromatic heterocycles. The molecule has 0 unspecified atom stereocenters. The van der Waals surface area contributed by atoms with Crippen molar-refractivity contribution in [3.8, 4) is 0 Å². The van der Waals surface area contributed by atoms with Gasteiger partial charge in [-0.15, -0.1) is 0 Å². The predicted octanol–water partition coefficient (Wildman–Crippen LogP) is 3.61. The average molecular weight is 330 g/mol. The van der Waals surface area contributed by atoms with Gasteiger partial charge in [-0.25, -0.2) is 0 Å². The van der Waals surface area contributed by atoms with Crippen LogP contribution in [0.25, 0.3) is 6.08 Å². The van der Waals surface area contributed by atoms with Crippen LogP contribution < -0.4 is 0 Å². The molecule has 0 N–H and O–H groups in total. The molecule has 0 radical (unpaired) electrons. The van der Waals surface area contributed by atoms with E-state index in [2.05, 4.69) is 5.10 Å². The number of carbonyl (C=O) groups is 2. The lowest BCUT2D eigenvalue weighted by Gasteiger charge is -2.09. The Labute approximate surface area is 146 Å². The minimum Gasteiger partial charge on any atom is -0.272 e. The zero-order valence-corrected chi connectivity index (χ0v) is 13.9. The van der Waals surface area contributed by atoms with Crippen LogP contribution in [0.5, 0.6) is 0 Å². The lowest BCUT2D eigenvalue weighted by molar-refractivity contribution is -0.141. The van der Waals surface area contributed by atoms with Crippen molar-refractivity contribution < 1.29 is 9.59 Å². The van der Waals surface area contributed by atoms with E-state index >= 15 is 0 Å². The third-order valence-electron chi connectivity index (χ3n) is 3.85. The first kappa shape index (κ1) is 16.6. The molecule has 0 bridgehead atoms. The quantitative estimate of drug-likeness (QED) is 0.804. The minimum absolute atomic E-state index is 0.149. The lowest BCUT2D eigenvalue weighted by atomic mass is 10.1. The Morgan fingerprint density at radius 1 is 1.04 bits per heavy atom. The summed E-state index contributed by atoms with van der Waals surface area (Å²) in [6.07, 6.45) is 5.55. The van der Waals surface area contributed by atoms with E-state index in [1.165, 1.54) is 0 Å². The number of allylic oxidation sites excluding steroid dienone is 2. The molecule has 25 heavy (non-hydrogen) atoms. The zero-order valence-electron chi connectivity index (χ0n) is 13.9. The maximum Gasteiger partial charge on any atom is 0.283 e. The summed E-state index contributed by atoms with van der Waals surface area (Å²) >= 11 is 0. The van der Waals surface area contributed by atoms with Gasteiger partial charge in [-0.1, -0.05) is 72.8 Å². The molecule has 0 saturated heterocycles. The number of amides is 2. The van der Waals surface area contributed by atoms with Gasteiger partial charge in [0.25, 0.3) is 11.8 Å². The minimum atomic E-state index is -0.379. The summed E-state index contributed by atoms with van der Waals surface area (Å²) in [5, 5.41) is 5.08. The highest BCUT2D eigenvalue weighted by Crippen LogP contribution is 2.17. The van der Waals surface area contributed by atoms with E-state index in [0.717, 1.165) is 16.1 Å². The summed E-state index contributed by atoms with van der Waals surface area (Å²) in [5.74, 6) is -0.706. The van der Waals surface area contributed by atoms with Gasteiger partial charge in [-0.3, -0.25) is 9.59 Å². The summed E-state index contributed by atoms with van der Waals surface area (Å²) < 4.78 is 0. The van der Waals surface area contributed by atoms with Crippen LogP contribution in [0.15, 0.2) is 83.5 Å². The molecule has 0 spiro atoms. The highest BCUT2D eigenvalue weighted by molar-refractivity contribution is 6.27. The predicted molar refractivity (Wildman–Crippen MR) is 98.7 cm³/mol. The van der Waals surface area contributed by atoms with Crippen LogP contribution in [0, 0.1) is 0 Å². The Kier molecular flexibility index (Phi) is 5.00. The van der Waals surface area contributed by atoms with Gasteiger partial charge in [0.2, 0.25) is 0 Å². The van der Waals surface area contributed by atoms with Gasteiger partial charge in [-0.05, 0) is 24.1 Å². The van der Waals surface area contributed by atoms with Gasteiger partial charge in [-0.2, -0.15) is 10.1 Å². The molecule has 0 atom stereocenters. The van der Waals surface area contributed by atoms with Crippen LogP contribution in [0.4, 0.5) is 0 Å². The molecule has 2 aromatic carbocycles. The van der Waals surface area contributed by atoms with Gasteiger partial charge in [0.15, 0.2) is 0 Å². The van der Waals surface area contributed by atoms with Crippen molar-refractivity contribution in [1.82, 2.24) is 5.01 Å². The molecular weight excluding hydrogens is 312 g/mol. The molecule has 124 valence electrons. The van der Waals surface area contributed by atoms with E-state index in [9.17, 15) is 9.59 Å². The molecule has 1 aliphatic heterocycles. The maximum absolute atomic E-state index is 12.5. The molecule has 0 saturated carbocycles. The van der Waals surface area contributed by atoms with Crippen LogP contribution >= 0.6 is 0 Å². The van der Waals surface area contributed by atoms with E-state index in [4.69, 9.17) is 0 Å². The molecule has 4 nitrogen and oxygen atoms in total. The van der Waals surface area contributed by atoms with Gasteiger partial charge in [0.05, 0.1) is 17.7 Å². The first-order valence-corrected chi connectivity index (χ1v) is 8.05. The Morgan fingerprint density at radius 3 is 2.36 bits per heavy atom. The zero-order chi connectivity index (χ0) is 17.6. The lowest BCUT2D eigenvalue weighted by Crippen LogP contribution is -2.30. The smallest absolute Gasteiger partial charge is 0.272 e. The number of hydrogen-bond donors (Lipinski definition) is 0. The number of hydrazone groups is 1. The highest BCUT2D eigenvalue weighted by Gasteiger charge is 2.31. The van der Waals surface area contributed by atoms with E-state index in [1.807, 2.05) is 66.7 Å². The standard InChI is InChI=1S/C21H18N2O2/c1-16-19(14-8-13-17-9-4-2-5-10-17)21(25)23(22-16)20(24)15-18-11-6-3-7-12-18/h2-14H,15H2,1H3/b13-8-,19-14+. The van der Waals surface area contributed by atoms with Crippen molar-refractivity contribution >= 4 is 23.6 Å². The van der Waals surface area contributed by atoms with Gasteiger partial charge in [0.1, 0.15) is 0 Å². The van der Waals surface area contributed by atoms with E-state index in [1.54, 1.807) is 19.1 Å².